The van der Waals surface area contributed by atoms with Crippen LogP contribution in [0.25, 0.3) is 0 Å². The summed E-state index contributed by atoms with van der Waals surface area (Å²) < 4.78 is 12.2. The van der Waals surface area contributed by atoms with Gasteiger partial charge in [-0.15, -0.1) is 0 Å². The number of methoxy groups -OCH3 is 1. The molecule has 6 rings (SSSR count). The lowest BCUT2D eigenvalue weighted by Crippen LogP contribution is -2.41. The number of Topliss-reactive ketones (excluding diaryl/α,β-unsaturated/α-hetero) is 1. The number of nitrogens with one attached hydrogen (secondary N) is 2. The van der Waals surface area contributed by atoms with Crippen LogP contribution in [0.15, 0.2) is 35.6 Å². The van der Waals surface area contributed by atoms with E-state index >= 15 is 0 Å². The number of allylic oxidation sites excluding steroid dienone is 3. The molecule has 38 heavy (non-hydrogen) atoms. The minimum absolute atomic E-state index is 0.135. The van der Waals surface area contributed by atoms with Crippen LogP contribution in [0.3, 0.4) is 0 Å². The zero-order valence-electron chi connectivity index (χ0n) is 22.5. The Morgan fingerprint density at radius 1 is 1.08 bits per heavy atom. The maximum Gasteiger partial charge on any atom is 0.259 e. The molecule has 0 aromatic heterocycles. The second-order valence-corrected chi connectivity index (χ2v) is 12.4. The van der Waals surface area contributed by atoms with E-state index in [1.54, 1.807) is 19.3 Å². The van der Waals surface area contributed by atoms with Crippen molar-refractivity contribution in [2.75, 3.05) is 13.7 Å². The number of epoxide rings is 1. The van der Waals surface area contributed by atoms with Crippen LogP contribution in [0, 0.1) is 47.3 Å². The summed E-state index contributed by atoms with van der Waals surface area (Å²) in [6.45, 7) is 4.96. The van der Waals surface area contributed by atoms with E-state index in [2.05, 4.69) is 24.5 Å². The van der Waals surface area contributed by atoms with Crippen molar-refractivity contribution in [1.82, 2.24) is 10.6 Å². The maximum absolute atomic E-state index is 12.9. The molecule has 2 saturated heterocycles. The molecule has 8 nitrogen and oxygen atoms in total. The minimum atomic E-state index is -0.664. The second kappa shape index (κ2) is 9.94. The molecule has 0 aromatic rings. The molecule has 3 saturated carbocycles. The number of ether oxygens (including phenoxy) is 2. The summed E-state index contributed by atoms with van der Waals surface area (Å²) in [5.74, 6) is 2.16. The first-order chi connectivity index (χ1) is 18.3. The average molecular weight is 525 g/mol. The van der Waals surface area contributed by atoms with Crippen LogP contribution < -0.4 is 10.6 Å². The molecule has 3 aliphatic heterocycles. The third-order valence-corrected chi connectivity index (χ3v) is 10.6. The number of carbonyl (C=O) groups excluding carboxylic acids is 3. The SMILES string of the molecule is CO[C@@H](C)[C@H]1[C@@H]2[C@H](C[C@H]1C)[C@H]1C[C@H]3/C=C\C(O)=C4C(=O)N[C@@H](CCCNC(=O)/C=C\C[C@@H]3[C@H]1[C@H]1O[C@@H]12)C4=O. The molecule has 206 valence electrons. The largest absolute Gasteiger partial charge is 0.507 e. The second-order valence-electron chi connectivity index (χ2n) is 12.4. The van der Waals surface area contributed by atoms with Crippen molar-refractivity contribution in [1.29, 1.82) is 0 Å². The highest BCUT2D eigenvalue weighted by molar-refractivity contribution is 6.27. The van der Waals surface area contributed by atoms with E-state index in [1.807, 2.05) is 12.2 Å². The lowest BCUT2D eigenvalue weighted by molar-refractivity contribution is -0.118. The van der Waals surface area contributed by atoms with E-state index < -0.39 is 11.9 Å². The van der Waals surface area contributed by atoms with Crippen molar-refractivity contribution in [2.24, 2.45) is 47.3 Å². The average Bonchev–Trinajstić information content (AvgIpc) is 3.35. The van der Waals surface area contributed by atoms with Gasteiger partial charge in [-0.2, -0.15) is 0 Å². The third kappa shape index (κ3) is 4.24. The molecule has 12 atom stereocenters. The molecular weight excluding hydrogens is 484 g/mol. The number of fused-ring (bicyclic) bond motifs is 10. The van der Waals surface area contributed by atoms with Crippen LogP contribution in [-0.2, 0) is 23.9 Å². The fourth-order valence-electron chi connectivity index (χ4n) is 9.00. The Morgan fingerprint density at radius 2 is 1.84 bits per heavy atom. The van der Waals surface area contributed by atoms with Gasteiger partial charge in [0.15, 0.2) is 5.78 Å². The molecule has 3 aliphatic carbocycles. The van der Waals surface area contributed by atoms with Crippen LogP contribution >= 0.6 is 0 Å². The number of aliphatic hydroxyl groups excluding tert-OH is 1. The molecular formula is C30H40N2O6. The van der Waals surface area contributed by atoms with Gasteiger partial charge < -0.3 is 25.2 Å². The van der Waals surface area contributed by atoms with E-state index in [0.717, 1.165) is 12.8 Å². The predicted molar refractivity (Wildman–Crippen MR) is 140 cm³/mol. The van der Waals surface area contributed by atoms with E-state index in [4.69, 9.17) is 9.47 Å². The Morgan fingerprint density at radius 3 is 2.63 bits per heavy atom. The van der Waals surface area contributed by atoms with Crippen LogP contribution in [0.4, 0.5) is 0 Å². The molecule has 0 radical (unpaired) electrons. The fraction of sp³-hybridized carbons (Fsp3) is 0.700. The quantitative estimate of drug-likeness (QED) is 0.378. The number of carbonyl (C=O) groups is 3. The smallest absolute Gasteiger partial charge is 0.259 e. The van der Waals surface area contributed by atoms with Crippen molar-refractivity contribution < 1.29 is 29.0 Å². The van der Waals surface area contributed by atoms with Crippen molar-refractivity contribution >= 4 is 17.6 Å². The Balaban J connectivity index is 1.32. The number of hydrogen-bond acceptors (Lipinski definition) is 6. The molecule has 2 amide bonds. The number of amides is 2. The van der Waals surface area contributed by atoms with Crippen LogP contribution in [-0.4, -0.2) is 60.7 Å². The van der Waals surface area contributed by atoms with Gasteiger partial charge in [-0.3, -0.25) is 14.4 Å². The van der Waals surface area contributed by atoms with E-state index in [9.17, 15) is 19.5 Å². The zero-order chi connectivity index (χ0) is 26.7. The van der Waals surface area contributed by atoms with E-state index in [-0.39, 0.29) is 53.2 Å². The lowest BCUT2D eigenvalue weighted by Gasteiger charge is -2.38. The van der Waals surface area contributed by atoms with E-state index in [1.165, 1.54) is 6.42 Å². The molecule has 0 spiro atoms. The van der Waals surface area contributed by atoms with Crippen molar-refractivity contribution in [3.05, 3.63) is 35.6 Å². The fourth-order valence-corrected chi connectivity index (χ4v) is 9.00. The number of ketones is 1. The summed E-state index contributed by atoms with van der Waals surface area (Å²) in [6.07, 6.45) is 11.7. The monoisotopic (exact) mass is 524 g/mol. The van der Waals surface area contributed by atoms with Crippen molar-refractivity contribution in [3.63, 3.8) is 0 Å². The number of aliphatic hydroxyl groups is 1. The molecule has 6 aliphatic rings. The molecule has 8 heteroatoms. The lowest BCUT2D eigenvalue weighted by atomic mass is 9.65. The van der Waals surface area contributed by atoms with Crippen LogP contribution in [0.5, 0.6) is 0 Å². The van der Waals surface area contributed by atoms with Gasteiger partial charge in [0.05, 0.1) is 24.4 Å². The van der Waals surface area contributed by atoms with Gasteiger partial charge in [-0.25, -0.2) is 0 Å². The summed E-state index contributed by atoms with van der Waals surface area (Å²) in [5, 5.41) is 16.4. The van der Waals surface area contributed by atoms with Crippen molar-refractivity contribution in [3.8, 4) is 0 Å². The van der Waals surface area contributed by atoms with Crippen molar-refractivity contribution in [2.45, 2.75) is 70.3 Å². The van der Waals surface area contributed by atoms with Crippen LogP contribution in [0.2, 0.25) is 0 Å². The Hall–Kier alpha value is -2.45. The summed E-state index contributed by atoms with van der Waals surface area (Å²) in [6, 6.07) is -0.664. The van der Waals surface area contributed by atoms with Gasteiger partial charge in [-0.05, 0) is 98.5 Å². The molecule has 5 fully saturated rings. The number of rotatable bonds is 2. The standard InChI is InChI=1S/C30H40N2O6/c1-14-12-18-19-13-16-9-10-21(33)26-27(35)20(32-30(26)36)7-5-11-31-22(34)8-4-6-17(16)24(19)28-29(38-28)25(18)23(14)15(2)37-3/h4,8-10,14-20,23-25,28-29,33H,5-7,11-13H2,1-3H3,(H,31,34)(H,32,36)/b8-4-,10-9-,26-21?/t14-,15+,16-,17+,18-,19-,20+,23+,24-,25+,28-,29-/m1/s1. The van der Waals surface area contributed by atoms with Gasteiger partial charge in [0, 0.05) is 13.7 Å². The highest BCUT2D eigenvalue weighted by Gasteiger charge is 2.68. The minimum Gasteiger partial charge on any atom is -0.507 e. The van der Waals surface area contributed by atoms with E-state index in [0.29, 0.717) is 54.9 Å². The summed E-state index contributed by atoms with van der Waals surface area (Å²) >= 11 is 0. The highest BCUT2D eigenvalue weighted by atomic mass is 16.6. The number of hydrogen-bond donors (Lipinski definition) is 3. The predicted octanol–water partition coefficient (Wildman–Crippen LogP) is 2.85. The van der Waals surface area contributed by atoms with Gasteiger partial charge in [0.1, 0.15) is 11.3 Å². The summed E-state index contributed by atoms with van der Waals surface area (Å²) in [7, 11) is 1.80. The molecule has 0 aromatic carbocycles. The first-order valence-electron chi connectivity index (χ1n) is 14.4. The Labute approximate surface area is 224 Å². The van der Waals surface area contributed by atoms with Gasteiger partial charge in [0.2, 0.25) is 5.91 Å². The Bertz CT molecular complexity index is 1100. The first kappa shape index (κ1) is 25.8. The Kier molecular flexibility index (Phi) is 6.75. The normalized spacial score (nSPS) is 46.8. The molecule has 2 bridgehead atoms. The van der Waals surface area contributed by atoms with Gasteiger partial charge in [0.25, 0.3) is 5.91 Å². The molecule has 3 N–H and O–H groups in total. The molecule has 3 heterocycles. The highest BCUT2D eigenvalue weighted by Crippen LogP contribution is 2.66. The first-order valence-corrected chi connectivity index (χ1v) is 14.4. The molecule has 0 unspecified atom stereocenters. The van der Waals surface area contributed by atoms with Crippen LogP contribution in [0.1, 0.15) is 46.0 Å². The maximum atomic E-state index is 12.9. The van der Waals surface area contributed by atoms with Gasteiger partial charge >= 0.3 is 0 Å². The summed E-state index contributed by atoms with van der Waals surface area (Å²) in [4.78, 5) is 37.8. The summed E-state index contributed by atoms with van der Waals surface area (Å²) in [5.41, 5.74) is -0.152. The zero-order valence-corrected chi connectivity index (χ0v) is 22.5. The third-order valence-electron chi connectivity index (χ3n) is 10.6. The van der Waals surface area contributed by atoms with Gasteiger partial charge in [-0.1, -0.05) is 19.1 Å². The topological polar surface area (TPSA) is 117 Å².